The number of methoxy groups -OCH3 is 1. The van der Waals surface area contributed by atoms with Gasteiger partial charge in [-0.05, 0) is 36.2 Å². The zero-order valence-electron chi connectivity index (χ0n) is 14.1. The van der Waals surface area contributed by atoms with Gasteiger partial charge in [0, 0.05) is 19.9 Å². The lowest BCUT2D eigenvalue weighted by molar-refractivity contribution is -0.132. The number of hydrogen-bond acceptors (Lipinski definition) is 4. The summed E-state index contributed by atoms with van der Waals surface area (Å²) < 4.78 is 24.5. The second kappa shape index (κ2) is 8.07. The summed E-state index contributed by atoms with van der Waals surface area (Å²) in [4.78, 5) is 18.5. The smallest absolute Gasteiger partial charge is 0.227 e. The Labute approximate surface area is 146 Å². The third-order valence-electron chi connectivity index (χ3n) is 4.35. The third kappa shape index (κ3) is 4.54. The maximum absolute atomic E-state index is 13.3. The average molecular weight is 344 g/mol. The molecule has 0 spiro atoms. The SMILES string of the molecule is CO[C@@H]1C[C@@H](COc2cccnc2)N(C(=O)Cc2cccc(F)c2)C1. The molecule has 6 heteroatoms. The minimum atomic E-state index is -0.335. The minimum Gasteiger partial charge on any atom is -0.490 e. The summed E-state index contributed by atoms with van der Waals surface area (Å²) >= 11 is 0. The Kier molecular flexibility index (Phi) is 5.60. The number of benzene rings is 1. The van der Waals surface area contributed by atoms with Gasteiger partial charge in [0.05, 0.1) is 24.8 Å². The van der Waals surface area contributed by atoms with Gasteiger partial charge in [0.2, 0.25) is 5.91 Å². The molecule has 1 aliphatic heterocycles. The van der Waals surface area contributed by atoms with E-state index >= 15 is 0 Å². The Bertz CT molecular complexity index is 711. The highest BCUT2D eigenvalue weighted by Gasteiger charge is 2.35. The van der Waals surface area contributed by atoms with E-state index in [9.17, 15) is 9.18 Å². The molecule has 1 fully saturated rings. The summed E-state index contributed by atoms with van der Waals surface area (Å²) in [6, 6.07) is 9.68. The molecule has 3 rings (SSSR count). The van der Waals surface area contributed by atoms with E-state index in [1.54, 1.807) is 42.6 Å². The van der Waals surface area contributed by atoms with E-state index in [4.69, 9.17) is 9.47 Å². The molecule has 0 saturated carbocycles. The summed E-state index contributed by atoms with van der Waals surface area (Å²) in [6.07, 6.45) is 4.18. The van der Waals surface area contributed by atoms with Crippen molar-refractivity contribution in [2.45, 2.75) is 25.0 Å². The Morgan fingerprint density at radius 3 is 2.96 bits per heavy atom. The van der Waals surface area contributed by atoms with Crippen LogP contribution in [0.5, 0.6) is 5.75 Å². The van der Waals surface area contributed by atoms with Crippen molar-refractivity contribution in [1.82, 2.24) is 9.88 Å². The first-order chi connectivity index (χ1) is 12.2. The van der Waals surface area contributed by atoms with Gasteiger partial charge in [-0.2, -0.15) is 0 Å². The molecule has 2 aromatic rings. The molecule has 1 aromatic heterocycles. The van der Waals surface area contributed by atoms with Crippen LogP contribution in [-0.2, 0) is 16.0 Å². The molecule has 0 N–H and O–H groups in total. The van der Waals surface area contributed by atoms with Crippen molar-refractivity contribution >= 4 is 5.91 Å². The van der Waals surface area contributed by atoms with Gasteiger partial charge in [-0.1, -0.05) is 12.1 Å². The molecule has 132 valence electrons. The maximum Gasteiger partial charge on any atom is 0.227 e. The number of carbonyl (C=O) groups is 1. The summed E-state index contributed by atoms with van der Waals surface area (Å²) in [7, 11) is 1.64. The highest BCUT2D eigenvalue weighted by molar-refractivity contribution is 5.79. The van der Waals surface area contributed by atoms with Gasteiger partial charge < -0.3 is 14.4 Å². The maximum atomic E-state index is 13.3. The van der Waals surface area contributed by atoms with Crippen LogP contribution < -0.4 is 4.74 Å². The molecular formula is C19H21FN2O3. The van der Waals surface area contributed by atoms with Crippen LogP contribution in [-0.4, -0.2) is 48.2 Å². The number of carbonyl (C=O) groups excluding carboxylic acids is 1. The second-order valence-electron chi connectivity index (χ2n) is 6.10. The Balaban J connectivity index is 1.65. The first kappa shape index (κ1) is 17.4. The van der Waals surface area contributed by atoms with Crippen LogP contribution in [0.1, 0.15) is 12.0 Å². The molecule has 5 nitrogen and oxygen atoms in total. The average Bonchev–Trinajstić information content (AvgIpc) is 3.04. The van der Waals surface area contributed by atoms with E-state index in [-0.39, 0.29) is 30.3 Å². The fourth-order valence-corrected chi connectivity index (χ4v) is 3.06. The van der Waals surface area contributed by atoms with Crippen molar-refractivity contribution in [1.29, 1.82) is 0 Å². The summed E-state index contributed by atoms with van der Waals surface area (Å²) in [6.45, 7) is 0.895. The molecule has 1 aliphatic rings. The third-order valence-corrected chi connectivity index (χ3v) is 4.35. The normalized spacial score (nSPS) is 19.8. The van der Waals surface area contributed by atoms with E-state index in [1.165, 1.54) is 12.1 Å². The van der Waals surface area contributed by atoms with Crippen LogP contribution in [0.25, 0.3) is 0 Å². The van der Waals surface area contributed by atoms with E-state index in [1.807, 2.05) is 6.07 Å². The Morgan fingerprint density at radius 2 is 2.24 bits per heavy atom. The van der Waals surface area contributed by atoms with Crippen LogP contribution in [0.4, 0.5) is 4.39 Å². The predicted octanol–water partition coefficient (Wildman–Crippen LogP) is 2.46. The topological polar surface area (TPSA) is 51.7 Å². The molecule has 25 heavy (non-hydrogen) atoms. The van der Waals surface area contributed by atoms with Crippen LogP contribution >= 0.6 is 0 Å². The lowest BCUT2D eigenvalue weighted by Crippen LogP contribution is -2.40. The molecular weight excluding hydrogens is 323 g/mol. The van der Waals surface area contributed by atoms with E-state index in [0.29, 0.717) is 30.9 Å². The lowest BCUT2D eigenvalue weighted by atomic mass is 10.1. The number of ether oxygens (including phenoxy) is 2. The Hall–Kier alpha value is -2.47. The molecule has 2 atom stereocenters. The number of nitrogens with zero attached hydrogens (tertiary/aromatic N) is 2. The fourth-order valence-electron chi connectivity index (χ4n) is 3.06. The van der Waals surface area contributed by atoms with E-state index < -0.39 is 0 Å². The summed E-state index contributed by atoms with van der Waals surface area (Å²) in [5.74, 6) is 0.281. The molecule has 0 bridgehead atoms. The fraction of sp³-hybridized carbons (Fsp3) is 0.368. The monoisotopic (exact) mass is 344 g/mol. The van der Waals surface area contributed by atoms with Gasteiger partial charge in [0.25, 0.3) is 0 Å². The first-order valence-corrected chi connectivity index (χ1v) is 8.25. The van der Waals surface area contributed by atoms with Gasteiger partial charge in [-0.3, -0.25) is 9.78 Å². The van der Waals surface area contributed by atoms with Gasteiger partial charge in [0.15, 0.2) is 0 Å². The number of pyridine rings is 1. The standard InChI is InChI=1S/C19H21FN2O3/c1-24-18-10-16(13-25-17-6-3-7-21-11-17)22(12-18)19(23)9-14-4-2-5-15(20)8-14/h2-8,11,16,18H,9-10,12-13H2,1H3/t16-,18+/m0/s1. The van der Waals surface area contributed by atoms with Crippen molar-refractivity contribution < 1.29 is 18.7 Å². The minimum absolute atomic E-state index is 0.0149. The summed E-state index contributed by atoms with van der Waals surface area (Å²) in [5, 5.41) is 0. The summed E-state index contributed by atoms with van der Waals surface area (Å²) in [5.41, 5.74) is 0.665. The zero-order valence-corrected chi connectivity index (χ0v) is 14.1. The van der Waals surface area contributed by atoms with Gasteiger partial charge in [-0.15, -0.1) is 0 Å². The molecule has 0 aliphatic carbocycles. The van der Waals surface area contributed by atoms with Crippen molar-refractivity contribution in [2.24, 2.45) is 0 Å². The molecule has 1 saturated heterocycles. The quantitative estimate of drug-likeness (QED) is 0.808. The number of halogens is 1. The zero-order chi connectivity index (χ0) is 17.6. The second-order valence-corrected chi connectivity index (χ2v) is 6.10. The van der Waals surface area contributed by atoms with Crippen molar-refractivity contribution in [2.75, 3.05) is 20.3 Å². The van der Waals surface area contributed by atoms with Crippen LogP contribution in [0.15, 0.2) is 48.8 Å². The lowest BCUT2D eigenvalue weighted by Gasteiger charge is -2.24. The van der Waals surface area contributed by atoms with Crippen LogP contribution in [0, 0.1) is 5.82 Å². The van der Waals surface area contributed by atoms with Gasteiger partial charge >= 0.3 is 0 Å². The molecule has 2 heterocycles. The predicted molar refractivity (Wildman–Crippen MR) is 90.8 cm³/mol. The Morgan fingerprint density at radius 1 is 1.36 bits per heavy atom. The highest BCUT2D eigenvalue weighted by Crippen LogP contribution is 2.22. The number of aromatic nitrogens is 1. The van der Waals surface area contributed by atoms with E-state index in [0.717, 1.165) is 0 Å². The highest BCUT2D eigenvalue weighted by atomic mass is 19.1. The number of amides is 1. The van der Waals surface area contributed by atoms with Crippen LogP contribution in [0.2, 0.25) is 0 Å². The van der Waals surface area contributed by atoms with E-state index in [2.05, 4.69) is 4.98 Å². The number of likely N-dealkylation sites (tertiary alicyclic amines) is 1. The van der Waals surface area contributed by atoms with Crippen molar-refractivity contribution in [3.8, 4) is 5.75 Å². The largest absolute Gasteiger partial charge is 0.490 e. The molecule has 0 unspecified atom stereocenters. The van der Waals surface area contributed by atoms with Gasteiger partial charge in [-0.25, -0.2) is 4.39 Å². The molecule has 1 amide bonds. The van der Waals surface area contributed by atoms with Crippen molar-refractivity contribution in [3.63, 3.8) is 0 Å². The first-order valence-electron chi connectivity index (χ1n) is 8.25. The van der Waals surface area contributed by atoms with Gasteiger partial charge in [0.1, 0.15) is 18.2 Å². The van der Waals surface area contributed by atoms with Crippen molar-refractivity contribution in [3.05, 3.63) is 60.2 Å². The van der Waals surface area contributed by atoms with Crippen LogP contribution in [0.3, 0.4) is 0 Å². The molecule has 0 radical (unpaired) electrons. The number of hydrogen-bond donors (Lipinski definition) is 0. The number of rotatable bonds is 6. The molecule has 1 aromatic carbocycles.